The molecule has 0 saturated carbocycles. The molecule has 2 heterocycles. The van der Waals surface area contributed by atoms with E-state index in [9.17, 15) is 19.2 Å². The molecule has 34 heavy (non-hydrogen) atoms. The molecule has 0 bridgehead atoms. The highest BCUT2D eigenvalue weighted by Gasteiger charge is 2.45. The van der Waals surface area contributed by atoms with Gasteiger partial charge < -0.3 is 19.1 Å². The zero-order chi connectivity index (χ0) is 24.1. The third kappa shape index (κ3) is 5.18. The Kier molecular flexibility index (Phi) is 7.07. The van der Waals surface area contributed by atoms with Crippen molar-refractivity contribution < 1.29 is 33.4 Å². The molecule has 0 radical (unpaired) electrons. The number of nitrogens with zero attached hydrogens (tertiary/aromatic N) is 2. The number of carbonyl (C=O) groups is 4. The van der Waals surface area contributed by atoms with Crippen LogP contribution in [0.2, 0.25) is 0 Å². The van der Waals surface area contributed by atoms with E-state index in [0.29, 0.717) is 17.7 Å². The molecule has 10 heteroatoms. The first kappa shape index (κ1) is 23.2. The lowest BCUT2D eigenvalue weighted by Gasteiger charge is -2.37. The van der Waals surface area contributed by atoms with Crippen molar-refractivity contribution in [2.75, 3.05) is 19.8 Å². The Balaban J connectivity index is 1.47. The molecule has 2 fully saturated rings. The number of hydrogen-bond donors (Lipinski definition) is 1. The maximum Gasteiger partial charge on any atom is 0.338 e. The van der Waals surface area contributed by atoms with Gasteiger partial charge in [-0.25, -0.2) is 19.2 Å². The van der Waals surface area contributed by atoms with Crippen LogP contribution in [0, 0.1) is 0 Å². The van der Waals surface area contributed by atoms with Gasteiger partial charge in [0.15, 0.2) is 0 Å². The van der Waals surface area contributed by atoms with Crippen molar-refractivity contribution in [3.63, 3.8) is 0 Å². The fraction of sp³-hybridized carbons (Fsp3) is 0.333. The van der Waals surface area contributed by atoms with E-state index in [1.807, 2.05) is 0 Å². The molecule has 4 rings (SSSR count). The molecule has 178 valence electrons. The molecule has 2 aromatic rings. The van der Waals surface area contributed by atoms with Gasteiger partial charge in [0.2, 0.25) is 0 Å². The number of rotatable bonds is 7. The van der Waals surface area contributed by atoms with Crippen LogP contribution in [-0.4, -0.2) is 72.1 Å². The summed E-state index contributed by atoms with van der Waals surface area (Å²) in [6.07, 6.45) is -2.20. The zero-order valence-corrected chi connectivity index (χ0v) is 18.6. The molecule has 0 aromatic heterocycles. The van der Waals surface area contributed by atoms with Crippen molar-refractivity contribution in [3.05, 3.63) is 71.8 Å². The van der Waals surface area contributed by atoms with Gasteiger partial charge in [-0.05, 0) is 31.2 Å². The highest BCUT2D eigenvalue weighted by Crippen LogP contribution is 2.28. The lowest BCUT2D eigenvalue weighted by molar-refractivity contribution is -0.0803. The Hall–Kier alpha value is -3.92. The Bertz CT molecular complexity index is 1050. The maximum absolute atomic E-state index is 12.7. The van der Waals surface area contributed by atoms with Gasteiger partial charge in [-0.15, -0.1) is 0 Å². The number of urea groups is 2. The molecule has 10 nitrogen and oxygen atoms in total. The van der Waals surface area contributed by atoms with Gasteiger partial charge in [0.1, 0.15) is 31.7 Å². The first-order valence-electron chi connectivity index (χ1n) is 11.0. The van der Waals surface area contributed by atoms with Crippen LogP contribution >= 0.6 is 0 Å². The molecular formula is C24H25N3O7. The van der Waals surface area contributed by atoms with Crippen molar-refractivity contribution in [1.29, 1.82) is 0 Å². The Morgan fingerprint density at radius 2 is 1.59 bits per heavy atom. The zero-order valence-electron chi connectivity index (χ0n) is 18.6. The first-order valence-corrected chi connectivity index (χ1v) is 11.0. The number of hydrogen-bond acceptors (Lipinski definition) is 7. The second-order valence-electron chi connectivity index (χ2n) is 7.84. The number of carbonyl (C=O) groups excluding carboxylic acids is 4. The summed E-state index contributed by atoms with van der Waals surface area (Å²) in [4.78, 5) is 52.3. The van der Waals surface area contributed by atoms with E-state index in [0.717, 1.165) is 0 Å². The molecule has 4 amide bonds. The standard InChI is InChI=1S/C24H25N3O7/c1-2-26-15-27(24(31)25-23(26)30)20-13-18(34-22(29)17-11-7-4-8-12-17)19(33-20)14-32-21(28)16-9-5-3-6-10-16/h3-12,18-20H,2,13-15H2,1H3,(H,25,30,31)/t18-,19+,20+/m0/s1. The van der Waals surface area contributed by atoms with Crippen LogP contribution < -0.4 is 5.32 Å². The van der Waals surface area contributed by atoms with Gasteiger partial charge in [-0.2, -0.15) is 0 Å². The molecule has 2 aliphatic heterocycles. The third-order valence-electron chi connectivity index (χ3n) is 5.65. The van der Waals surface area contributed by atoms with E-state index in [-0.39, 0.29) is 19.7 Å². The molecule has 0 unspecified atom stereocenters. The summed E-state index contributed by atoms with van der Waals surface area (Å²) in [7, 11) is 0. The van der Waals surface area contributed by atoms with E-state index in [1.165, 1.54) is 9.80 Å². The predicted molar refractivity (Wildman–Crippen MR) is 119 cm³/mol. The molecule has 1 N–H and O–H groups in total. The van der Waals surface area contributed by atoms with Crippen LogP contribution in [0.1, 0.15) is 34.1 Å². The second kappa shape index (κ2) is 10.3. The fourth-order valence-electron chi connectivity index (χ4n) is 3.78. The van der Waals surface area contributed by atoms with Gasteiger partial charge in [-0.1, -0.05) is 36.4 Å². The van der Waals surface area contributed by atoms with Crippen molar-refractivity contribution in [2.45, 2.75) is 31.8 Å². The molecule has 3 atom stereocenters. The lowest BCUT2D eigenvalue weighted by Crippen LogP contribution is -2.61. The number of benzene rings is 2. The Morgan fingerprint density at radius 1 is 0.971 bits per heavy atom. The molecule has 0 aliphatic carbocycles. The highest BCUT2D eigenvalue weighted by molar-refractivity contribution is 5.95. The van der Waals surface area contributed by atoms with Gasteiger partial charge in [-0.3, -0.25) is 10.2 Å². The fourth-order valence-corrected chi connectivity index (χ4v) is 3.78. The van der Waals surface area contributed by atoms with E-state index >= 15 is 0 Å². The maximum atomic E-state index is 12.7. The first-order chi connectivity index (χ1) is 16.5. The summed E-state index contributed by atoms with van der Waals surface area (Å²) in [5.74, 6) is -1.10. The lowest BCUT2D eigenvalue weighted by atomic mass is 10.1. The summed E-state index contributed by atoms with van der Waals surface area (Å²) >= 11 is 0. The van der Waals surface area contributed by atoms with Crippen LogP contribution in [-0.2, 0) is 14.2 Å². The average molecular weight is 467 g/mol. The number of amides is 4. The summed E-state index contributed by atoms with van der Waals surface area (Å²) in [6, 6.07) is 15.9. The van der Waals surface area contributed by atoms with E-state index in [1.54, 1.807) is 67.6 Å². The van der Waals surface area contributed by atoms with Gasteiger partial charge in [0, 0.05) is 13.0 Å². The minimum Gasteiger partial charge on any atom is -0.459 e. The largest absolute Gasteiger partial charge is 0.459 e. The third-order valence-corrected chi connectivity index (χ3v) is 5.65. The Labute approximate surface area is 196 Å². The summed E-state index contributed by atoms with van der Waals surface area (Å²) in [5, 5.41) is 2.28. The minimum absolute atomic E-state index is 0.0295. The van der Waals surface area contributed by atoms with E-state index in [4.69, 9.17) is 14.2 Å². The molecule has 2 saturated heterocycles. The summed E-state index contributed by atoms with van der Waals surface area (Å²) in [6.45, 7) is 2.04. The molecular weight excluding hydrogens is 442 g/mol. The monoisotopic (exact) mass is 467 g/mol. The highest BCUT2D eigenvalue weighted by atomic mass is 16.6. The molecule has 2 aliphatic rings. The average Bonchev–Trinajstić information content (AvgIpc) is 3.25. The van der Waals surface area contributed by atoms with Gasteiger partial charge in [0.25, 0.3) is 0 Å². The van der Waals surface area contributed by atoms with Crippen LogP contribution in [0.15, 0.2) is 60.7 Å². The number of esters is 2. The van der Waals surface area contributed by atoms with Gasteiger partial charge >= 0.3 is 24.0 Å². The Morgan fingerprint density at radius 3 is 2.21 bits per heavy atom. The van der Waals surface area contributed by atoms with Crippen molar-refractivity contribution in [1.82, 2.24) is 15.1 Å². The van der Waals surface area contributed by atoms with Crippen LogP contribution in [0.25, 0.3) is 0 Å². The topological polar surface area (TPSA) is 114 Å². The molecule has 2 aromatic carbocycles. The predicted octanol–water partition coefficient (Wildman–Crippen LogP) is 2.61. The van der Waals surface area contributed by atoms with Crippen LogP contribution in [0.3, 0.4) is 0 Å². The number of ether oxygens (including phenoxy) is 3. The van der Waals surface area contributed by atoms with Crippen molar-refractivity contribution >= 4 is 24.0 Å². The van der Waals surface area contributed by atoms with Crippen molar-refractivity contribution in [3.8, 4) is 0 Å². The minimum atomic E-state index is -0.800. The smallest absolute Gasteiger partial charge is 0.338 e. The normalized spacial score (nSPS) is 22.3. The second-order valence-corrected chi connectivity index (χ2v) is 7.84. The van der Waals surface area contributed by atoms with Crippen LogP contribution in [0.4, 0.5) is 9.59 Å². The summed E-state index contributed by atoms with van der Waals surface area (Å²) < 4.78 is 17.1. The van der Waals surface area contributed by atoms with E-state index in [2.05, 4.69) is 5.32 Å². The molecule has 0 spiro atoms. The van der Waals surface area contributed by atoms with Crippen LogP contribution in [0.5, 0.6) is 0 Å². The SMILES string of the molecule is CCN1CN([C@H]2C[C@H](OC(=O)c3ccccc3)[C@@H](COC(=O)c3ccccc3)O2)C(=O)NC1=O. The quantitative estimate of drug-likeness (QED) is 0.623. The van der Waals surface area contributed by atoms with Gasteiger partial charge in [0.05, 0.1) is 11.1 Å². The van der Waals surface area contributed by atoms with E-state index < -0.39 is 42.4 Å². The number of imide groups is 1. The van der Waals surface area contributed by atoms with Crippen molar-refractivity contribution in [2.24, 2.45) is 0 Å². The number of nitrogens with one attached hydrogen (secondary N) is 1. The summed E-state index contributed by atoms with van der Waals surface area (Å²) in [5.41, 5.74) is 0.742.